The number of hydrogen-bond acceptors (Lipinski definition) is 8. The second-order valence-corrected chi connectivity index (χ2v) is 4.44. The van der Waals surface area contributed by atoms with Crippen LogP contribution in [0.3, 0.4) is 0 Å². The molecule has 0 saturated carbocycles. The third kappa shape index (κ3) is 3.45. The van der Waals surface area contributed by atoms with Gasteiger partial charge in [-0.05, 0) is 6.92 Å². The van der Waals surface area contributed by atoms with Gasteiger partial charge in [-0.25, -0.2) is 5.84 Å². The van der Waals surface area contributed by atoms with Gasteiger partial charge in [-0.2, -0.15) is 9.97 Å². The molecule has 1 fully saturated rings. The molecule has 0 spiro atoms. The van der Waals surface area contributed by atoms with E-state index in [2.05, 4.69) is 20.7 Å². The molecule has 0 aromatic carbocycles. The van der Waals surface area contributed by atoms with Gasteiger partial charge < -0.3 is 26.1 Å². The van der Waals surface area contributed by atoms with Gasteiger partial charge in [0.2, 0.25) is 11.9 Å². The Morgan fingerprint density at radius 1 is 1.40 bits per heavy atom. The van der Waals surface area contributed by atoms with Crippen LogP contribution < -0.4 is 22.3 Å². The summed E-state index contributed by atoms with van der Waals surface area (Å²) in [5.74, 6) is 6.18. The van der Waals surface area contributed by atoms with Crippen LogP contribution >= 0.6 is 0 Å². The average Bonchev–Trinajstić information content (AvgIpc) is 2.46. The van der Waals surface area contributed by atoms with E-state index < -0.39 is 6.04 Å². The molecule has 0 aliphatic carbocycles. The number of amides is 1. The summed E-state index contributed by atoms with van der Waals surface area (Å²) in [5, 5.41) is 3.00. The highest BCUT2D eigenvalue weighted by Crippen LogP contribution is 2.13. The van der Waals surface area contributed by atoms with Gasteiger partial charge in [-0.1, -0.05) is 0 Å². The minimum Gasteiger partial charge on any atom is -0.378 e. The van der Waals surface area contributed by atoms with Crippen LogP contribution in [-0.4, -0.2) is 53.1 Å². The first kappa shape index (κ1) is 14.3. The Balaban J connectivity index is 2.01. The number of nitrogens with one attached hydrogen (secondary N) is 2. The SMILES string of the molecule is CC(Nc1cc(NN)nc(N)n1)C(=O)N1CCOCC1. The number of hydrogen-bond donors (Lipinski definition) is 4. The quantitative estimate of drug-likeness (QED) is 0.408. The molecule has 1 amide bonds. The molecule has 1 atom stereocenters. The van der Waals surface area contributed by atoms with Gasteiger partial charge >= 0.3 is 0 Å². The third-order valence-electron chi connectivity index (χ3n) is 2.95. The second-order valence-electron chi connectivity index (χ2n) is 4.44. The number of ether oxygens (including phenoxy) is 1. The maximum atomic E-state index is 12.2. The number of aromatic nitrogens is 2. The fourth-order valence-corrected chi connectivity index (χ4v) is 1.95. The number of rotatable bonds is 4. The first-order chi connectivity index (χ1) is 9.60. The van der Waals surface area contributed by atoms with Crippen molar-refractivity contribution in [3.05, 3.63) is 6.07 Å². The van der Waals surface area contributed by atoms with Crippen molar-refractivity contribution in [2.24, 2.45) is 5.84 Å². The molecule has 20 heavy (non-hydrogen) atoms. The minimum atomic E-state index is -0.423. The topological polar surface area (TPSA) is 131 Å². The largest absolute Gasteiger partial charge is 0.378 e. The van der Waals surface area contributed by atoms with Crippen LogP contribution in [0.25, 0.3) is 0 Å². The highest BCUT2D eigenvalue weighted by atomic mass is 16.5. The normalized spacial score (nSPS) is 16.6. The van der Waals surface area contributed by atoms with E-state index in [9.17, 15) is 4.79 Å². The molecule has 6 N–H and O–H groups in total. The van der Waals surface area contributed by atoms with Crippen molar-refractivity contribution in [2.75, 3.05) is 42.8 Å². The van der Waals surface area contributed by atoms with Gasteiger partial charge in [-0.15, -0.1) is 0 Å². The van der Waals surface area contributed by atoms with Crippen molar-refractivity contribution in [3.8, 4) is 0 Å². The molecule has 1 saturated heterocycles. The molecule has 1 aliphatic rings. The molecule has 1 aliphatic heterocycles. The van der Waals surface area contributed by atoms with Crippen LogP contribution in [0.5, 0.6) is 0 Å². The lowest BCUT2D eigenvalue weighted by atomic mass is 10.2. The van der Waals surface area contributed by atoms with E-state index in [-0.39, 0.29) is 11.9 Å². The summed E-state index contributed by atoms with van der Waals surface area (Å²) >= 11 is 0. The van der Waals surface area contributed by atoms with Crippen LogP contribution in [0, 0.1) is 0 Å². The molecule has 2 rings (SSSR count). The molecule has 1 aromatic heterocycles. The number of nitrogens with zero attached hydrogens (tertiary/aromatic N) is 3. The van der Waals surface area contributed by atoms with Gasteiger partial charge in [0.25, 0.3) is 0 Å². The Hall–Kier alpha value is -2.13. The lowest BCUT2D eigenvalue weighted by molar-refractivity contribution is -0.135. The summed E-state index contributed by atoms with van der Waals surface area (Å²) in [4.78, 5) is 21.9. The van der Waals surface area contributed by atoms with Crippen LogP contribution in [0.4, 0.5) is 17.6 Å². The van der Waals surface area contributed by atoms with Gasteiger partial charge in [0.15, 0.2) is 0 Å². The molecule has 9 nitrogen and oxygen atoms in total. The summed E-state index contributed by atoms with van der Waals surface area (Å²) in [6, 6.07) is 1.16. The van der Waals surface area contributed by atoms with Crippen LogP contribution in [0.2, 0.25) is 0 Å². The van der Waals surface area contributed by atoms with Crippen molar-refractivity contribution in [1.29, 1.82) is 0 Å². The average molecular weight is 281 g/mol. The van der Waals surface area contributed by atoms with E-state index in [1.807, 2.05) is 0 Å². The summed E-state index contributed by atoms with van der Waals surface area (Å²) in [7, 11) is 0. The predicted octanol–water partition coefficient (Wildman–Crippen LogP) is -0.996. The van der Waals surface area contributed by atoms with E-state index in [0.29, 0.717) is 37.9 Å². The van der Waals surface area contributed by atoms with Crippen LogP contribution in [-0.2, 0) is 9.53 Å². The first-order valence-corrected chi connectivity index (χ1v) is 6.34. The molecule has 9 heteroatoms. The first-order valence-electron chi connectivity index (χ1n) is 6.34. The fourth-order valence-electron chi connectivity index (χ4n) is 1.95. The van der Waals surface area contributed by atoms with Crippen molar-refractivity contribution in [1.82, 2.24) is 14.9 Å². The van der Waals surface area contributed by atoms with Crippen molar-refractivity contribution < 1.29 is 9.53 Å². The molecule has 0 bridgehead atoms. The molecule has 1 unspecified atom stereocenters. The van der Waals surface area contributed by atoms with Crippen molar-refractivity contribution in [3.63, 3.8) is 0 Å². The maximum Gasteiger partial charge on any atom is 0.244 e. The van der Waals surface area contributed by atoms with E-state index in [1.54, 1.807) is 17.9 Å². The monoisotopic (exact) mass is 281 g/mol. The van der Waals surface area contributed by atoms with Crippen LogP contribution in [0.1, 0.15) is 6.92 Å². The zero-order valence-electron chi connectivity index (χ0n) is 11.3. The molecular formula is C11H19N7O2. The molecule has 1 aromatic rings. The zero-order valence-corrected chi connectivity index (χ0v) is 11.3. The van der Waals surface area contributed by atoms with Crippen LogP contribution in [0.15, 0.2) is 6.07 Å². The Bertz CT molecular complexity index is 476. The highest BCUT2D eigenvalue weighted by Gasteiger charge is 2.22. The van der Waals surface area contributed by atoms with Crippen molar-refractivity contribution in [2.45, 2.75) is 13.0 Å². The summed E-state index contributed by atoms with van der Waals surface area (Å²) in [5.41, 5.74) is 7.95. The molecular weight excluding hydrogens is 262 g/mol. The number of morpholine rings is 1. The number of carbonyl (C=O) groups excluding carboxylic acids is 1. The summed E-state index contributed by atoms with van der Waals surface area (Å²) in [6.45, 7) is 4.12. The standard InChI is InChI=1S/C11H19N7O2/c1-7(10(19)18-2-4-20-5-3-18)14-8-6-9(17-13)16-11(12)15-8/h6-7H,2-5,13H2,1H3,(H4,12,14,15,16,17). The maximum absolute atomic E-state index is 12.2. The minimum absolute atomic E-state index is 0.00672. The number of nitrogens with two attached hydrogens (primary N) is 2. The predicted molar refractivity (Wildman–Crippen MR) is 74.7 cm³/mol. The Morgan fingerprint density at radius 3 is 2.70 bits per heavy atom. The van der Waals surface area contributed by atoms with Gasteiger partial charge in [-0.3, -0.25) is 4.79 Å². The molecule has 0 radical (unpaired) electrons. The second kappa shape index (κ2) is 6.35. The lowest BCUT2D eigenvalue weighted by Gasteiger charge is -2.29. The summed E-state index contributed by atoms with van der Waals surface area (Å²) < 4.78 is 5.22. The third-order valence-corrected chi connectivity index (χ3v) is 2.95. The Labute approximate surface area is 116 Å². The number of hydrazine groups is 1. The fraction of sp³-hybridized carbons (Fsp3) is 0.545. The van der Waals surface area contributed by atoms with Gasteiger partial charge in [0.1, 0.15) is 17.7 Å². The number of anilines is 3. The van der Waals surface area contributed by atoms with E-state index in [4.69, 9.17) is 16.3 Å². The summed E-state index contributed by atoms with van der Waals surface area (Å²) in [6.07, 6.45) is 0. The van der Waals surface area contributed by atoms with Gasteiger partial charge in [0.05, 0.1) is 13.2 Å². The van der Waals surface area contributed by atoms with E-state index >= 15 is 0 Å². The van der Waals surface area contributed by atoms with E-state index in [1.165, 1.54) is 0 Å². The molecule has 2 heterocycles. The zero-order chi connectivity index (χ0) is 14.5. The van der Waals surface area contributed by atoms with Gasteiger partial charge in [0, 0.05) is 19.2 Å². The highest BCUT2D eigenvalue weighted by molar-refractivity contribution is 5.84. The number of carbonyl (C=O) groups is 1. The lowest BCUT2D eigenvalue weighted by Crippen LogP contribution is -2.47. The Kier molecular flexibility index (Phi) is 4.53. The van der Waals surface area contributed by atoms with Crippen molar-refractivity contribution >= 4 is 23.5 Å². The van der Waals surface area contributed by atoms with E-state index in [0.717, 1.165) is 0 Å². The smallest absolute Gasteiger partial charge is 0.244 e. The Morgan fingerprint density at radius 2 is 2.05 bits per heavy atom. The molecule has 110 valence electrons. The number of nitrogen functional groups attached to an aromatic ring is 2.